The van der Waals surface area contributed by atoms with Crippen LogP contribution in [0, 0.1) is 0 Å². The summed E-state index contributed by atoms with van der Waals surface area (Å²) in [6, 6.07) is 11.6. The quantitative estimate of drug-likeness (QED) is 0.328. The Morgan fingerprint density at radius 1 is 1.21 bits per heavy atom. The molecule has 2 atom stereocenters. The van der Waals surface area contributed by atoms with E-state index in [1.165, 1.54) is 0 Å². The number of anilines is 1. The van der Waals surface area contributed by atoms with E-state index in [2.05, 4.69) is 40.9 Å². The molecule has 11 heteroatoms. The average Bonchev–Trinajstić information content (AvgIpc) is 3.23. The SMILES string of the molecule is C[Si](C)(C)OCCc1nc2cc(Br)c(N[C@H]3CCN4C(=O)OC[C@@H]4C3)cc2c(=O)n1Cc1ccc(Cl)cc1. The van der Waals surface area contributed by atoms with Gasteiger partial charge in [0, 0.05) is 40.8 Å². The number of aromatic nitrogens is 2. The van der Waals surface area contributed by atoms with Crippen LogP contribution in [0.5, 0.6) is 0 Å². The van der Waals surface area contributed by atoms with Crippen molar-refractivity contribution in [2.45, 2.75) is 57.5 Å². The van der Waals surface area contributed by atoms with Crippen LogP contribution in [0.4, 0.5) is 10.5 Å². The number of carbonyl (C=O) groups is 1. The molecule has 0 bridgehead atoms. The number of nitrogens with zero attached hydrogens (tertiary/aromatic N) is 3. The Morgan fingerprint density at radius 3 is 2.71 bits per heavy atom. The highest BCUT2D eigenvalue weighted by Gasteiger charge is 2.38. The standard InChI is InChI=1S/C27H32BrClN4O4Si/c1-38(2,3)37-11-9-25-31-23-14-22(28)24(30-19-8-10-32-20(12-19)16-36-27(32)35)13-21(23)26(34)33(25)15-17-4-6-18(29)7-5-17/h4-7,13-14,19-20,30H,8-12,15-16H2,1-3H3/t19-,20-/m0/s1. The molecule has 202 valence electrons. The summed E-state index contributed by atoms with van der Waals surface area (Å²) in [7, 11) is -1.70. The number of cyclic esters (lactones) is 1. The molecule has 5 rings (SSSR count). The van der Waals surface area contributed by atoms with Crippen LogP contribution in [0.2, 0.25) is 24.7 Å². The van der Waals surface area contributed by atoms with Crippen LogP contribution >= 0.6 is 27.5 Å². The van der Waals surface area contributed by atoms with E-state index in [1.807, 2.05) is 36.4 Å². The van der Waals surface area contributed by atoms with Gasteiger partial charge in [0.2, 0.25) is 0 Å². The van der Waals surface area contributed by atoms with Gasteiger partial charge in [-0.25, -0.2) is 9.78 Å². The smallest absolute Gasteiger partial charge is 0.410 e. The molecule has 0 spiro atoms. The summed E-state index contributed by atoms with van der Waals surface area (Å²) in [5.74, 6) is 0.696. The molecule has 0 saturated carbocycles. The molecule has 2 aliphatic heterocycles. The molecule has 2 saturated heterocycles. The molecule has 0 radical (unpaired) electrons. The summed E-state index contributed by atoms with van der Waals surface area (Å²) >= 11 is 9.77. The van der Waals surface area contributed by atoms with Crippen LogP contribution in [0.1, 0.15) is 24.2 Å². The number of nitrogens with one attached hydrogen (secondary N) is 1. The first-order valence-corrected chi connectivity index (χ1v) is 17.5. The zero-order chi connectivity index (χ0) is 27.0. The Bertz CT molecular complexity index is 1410. The Kier molecular flexibility index (Phi) is 7.86. The fourth-order valence-corrected chi connectivity index (χ4v) is 6.31. The van der Waals surface area contributed by atoms with Gasteiger partial charge in [-0.3, -0.25) is 9.36 Å². The van der Waals surface area contributed by atoms with E-state index in [0.29, 0.717) is 54.5 Å². The number of hydrogen-bond donors (Lipinski definition) is 1. The van der Waals surface area contributed by atoms with Crippen molar-refractivity contribution in [2.75, 3.05) is 25.1 Å². The summed E-state index contributed by atoms with van der Waals surface area (Å²) in [5.41, 5.74) is 2.37. The number of fused-ring (bicyclic) bond motifs is 2. The monoisotopic (exact) mass is 618 g/mol. The largest absolute Gasteiger partial charge is 0.447 e. The third kappa shape index (κ3) is 6.08. The van der Waals surface area contributed by atoms with Gasteiger partial charge in [0.05, 0.1) is 23.5 Å². The molecule has 8 nitrogen and oxygen atoms in total. The number of piperidine rings is 1. The molecular formula is C27H32BrClN4O4Si. The van der Waals surface area contributed by atoms with Gasteiger partial charge < -0.3 is 19.4 Å². The minimum Gasteiger partial charge on any atom is -0.447 e. The van der Waals surface area contributed by atoms with Gasteiger partial charge in [-0.2, -0.15) is 0 Å². The number of ether oxygens (including phenoxy) is 1. The van der Waals surface area contributed by atoms with Gasteiger partial charge in [0.25, 0.3) is 5.56 Å². The zero-order valence-corrected chi connectivity index (χ0v) is 25.1. The first-order valence-electron chi connectivity index (χ1n) is 12.9. The number of halogens is 2. The first-order chi connectivity index (χ1) is 18.1. The molecule has 2 fully saturated rings. The second kappa shape index (κ2) is 11.0. The highest BCUT2D eigenvalue weighted by Crippen LogP contribution is 2.31. The van der Waals surface area contributed by atoms with E-state index in [0.717, 1.165) is 28.6 Å². The first kappa shape index (κ1) is 27.2. The molecule has 2 aromatic carbocycles. The topological polar surface area (TPSA) is 85.7 Å². The van der Waals surface area contributed by atoms with E-state index >= 15 is 0 Å². The summed E-state index contributed by atoms with van der Waals surface area (Å²) in [6.07, 6.45) is 1.93. The molecule has 3 heterocycles. The van der Waals surface area contributed by atoms with Crippen molar-refractivity contribution in [3.05, 3.63) is 67.6 Å². The van der Waals surface area contributed by atoms with Gasteiger partial charge in [-0.1, -0.05) is 23.7 Å². The fraction of sp³-hybridized carbons (Fsp3) is 0.444. The highest BCUT2D eigenvalue weighted by atomic mass is 79.9. The molecule has 0 aliphatic carbocycles. The number of benzene rings is 2. The molecule has 1 N–H and O–H groups in total. The summed E-state index contributed by atoms with van der Waals surface area (Å²) in [5, 5.41) is 4.80. The average molecular weight is 620 g/mol. The number of hydrogen-bond acceptors (Lipinski definition) is 6. The maximum atomic E-state index is 13.9. The zero-order valence-electron chi connectivity index (χ0n) is 21.8. The minimum absolute atomic E-state index is 0.0897. The van der Waals surface area contributed by atoms with Gasteiger partial charge in [-0.15, -0.1) is 0 Å². The fourth-order valence-electron chi connectivity index (χ4n) is 5.02. The Morgan fingerprint density at radius 2 is 1.97 bits per heavy atom. The third-order valence-corrected chi connectivity index (χ3v) is 8.92. The summed E-state index contributed by atoms with van der Waals surface area (Å²) < 4.78 is 13.9. The second-order valence-corrected chi connectivity index (χ2v) is 16.7. The third-order valence-electron chi connectivity index (χ3n) is 6.95. The second-order valence-electron chi connectivity index (χ2n) is 10.9. The lowest BCUT2D eigenvalue weighted by molar-refractivity contribution is 0.153. The Hall–Kier alpha value is -2.40. The minimum atomic E-state index is -1.70. The van der Waals surface area contributed by atoms with Gasteiger partial charge in [0.1, 0.15) is 12.4 Å². The lowest BCUT2D eigenvalue weighted by Crippen LogP contribution is -2.45. The lowest BCUT2D eigenvalue weighted by Gasteiger charge is -2.33. The van der Waals surface area contributed by atoms with Crippen LogP contribution in [0.15, 0.2) is 45.7 Å². The van der Waals surface area contributed by atoms with Crippen molar-refractivity contribution in [1.29, 1.82) is 0 Å². The molecule has 3 aromatic rings. The Labute approximate surface area is 236 Å². The normalized spacial score (nSPS) is 19.5. The summed E-state index contributed by atoms with van der Waals surface area (Å²) in [6.45, 7) is 8.44. The van der Waals surface area contributed by atoms with Crippen molar-refractivity contribution < 1.29 is 14.0 Å². The van der Waals surface area contributed by atoms with Crippen molar-refractivity contribution in [1.82, 2.24) is 14.5 Å². The van der Waals surface area contributed by atoms with E-state index in [9.17, 15) is 9.59 Å². The maximum Gasteiger partial charge on any atom is 0.410 e. The van der Waals surface area contributed by atoms with Crippen molar-refractivity contribution in [2.24, 2.45) is 0 Å². The predicted molar refractivity (Wildman–Crippen MR) is 156 cm³/mol. The molecule has 0 unspecified atom stereocenters. The van der Waals surface area contributed by atoms with Crippen LogP contribution < -0.4 is 10.9 Å². The lowest BCUT2D eigenvalue weighted by atomic mass is 9.98. The van der Waals surface area contributed by atoms with Crippen LogP contribution in [0.25, 0.3) is 10.9 Å². The van der Waals surface area contributed by atoms with Crippen molar-refractivity contribution in [3.8, 4) is 0 Å². The van der Waals surface area contributed by atoms with E-state index in [4.69, 9.17) is 25.7 Å². The summed E-state index contributed by atoms with van der Waals surface area (Å²) in [4.78, 5) is 32.5. The van der Waals surface area contributed by atoms with Gasteiger partial charge in [0.15, 0.2) is 8.32 Å². The van der Waals surface area contributed by atoms with E-state index < -0.39 is 8.32 Å². The highest BCUT2D eigenvalue weighted by molar-refractivity contribution is 9.10. The van der Waals surface area contributed by atoms with Gasteiger partial charge in [-0.05, 0) is 78.2 Å². The Balaban J connectivity index is 1.46. The van der Waals surface area contributed by atoms with Crippen LogP contribution in [-0.2, 0) is 22.1 Å². The molecule has 2 aliphatic rings. The number of rotatable bonds is 8. The van der Waals surface area contributed by atoms with Crippen molar-refractivity contribution in [3.63, 3.8) is 0 Å². The van der Waals surface area contributed by atoms with Gasteiger partial charge >= 0.3 is 6.09 Å². The number of carbonyl (C=O) groups excluding carboxylic acids is 1. The molecule has 1 aromatic heterocycles. The predicted octanol–water partition coefficient (Wildman–Crippen LogP) is 5.65. The number of amides is 1. The molecule has 1 amide bonds. The van der Waals surface area contributed by atoms with Crippen LogP contribution in [-0.4, -0.2) is 60.7 Å². The van der Waals surface area contributed by atoms with E-state index in [-0.39, 0.29) is 23.7 Å². The van der Waals surface area contributed by atoms with E-state index in [1.54, 1.807) is 9.47 Å². The maximum absolute atomic E-state index is 13.9. The van der Waals surface area contributed by atoms with Crippen LogP contribution in [0.3, 0.4) is 0 Å². The van der Waals surface area contributed by atoms with Crippen molar-refractivity contribution >= 4 is 58.5 Å². The molecular weight excluding hydrogens is 588 g/mol. The molecule has 38 heavy (non-hydrogen) atoms.